The van der Waals surface area contributed by atoms with Crippen LogP contribution in [0.4, 0.5) is 10.7 Å². The molecule has 0 aromatic carbocycles. The van der Waals surface area contributed by atoms with Crippen LogP contribution < -0.4 is 15.4 Å². The van der Waals surface area contributed by atoms with Crippen molar-refractivity contribution < 1.29 is 9.53 Å². The van der Waals surface area contributed by atoms with Crippen molar-refractivity contribution in [3.8, 4) is 5.88 Å². The molecule has 19 heavy (non-hydrogen) atoms. The third-order valence-electron chi connectivity index (χ3n) is 2.17. The number of anilines is 1. The Bertz CT molecular complexity index is 397. The lowest BCUT2D eigenvalue weighted by Gasteiger charge is -2.12. The molecule has 7 nitrogen and oxygen atoms in total. The van der Waals surface area contributed by atoms with Gasteiger partial charge >= 0.3 is 6.03 Å². The minimum absolute atomic E-state index is 0.122. The van der Waals surface area contributed by atoms with Crippen LogP contribution in [0.15, 0.2) is 12.3 Å². The van der Waals surface area contributed by atoms with Crippen LogP contribution in [0.1, 0.15) is 13.3 Å². The van der Waals surface area contributed by atoms with E-state index in [9.17, 15) is 4.79 Å². The molecule has 0 spiro atoms. The number of hydrogen-bond acceptors (Lipinski definition) is 5. The van der Waals surface area contributed by atoms with Gasteiger partial charge in [0, 0.05) is 39.4 Å². The van der Waals surface area contributed by atoms with Crippen LogP contribution in [-0.4, -0.2) is 54.7 Å². The molecule has 0 saturated heterocycles. The molecular formula is C12H21N5O2. The second kappa shape index (κ2) is 8.12. The van der Waals surface area contributed by atoms with Gasteiger partial charge in [-0.05, 0) is 6.42 Å². The number of nitrogens with one attached hydrogen (secondary N) is 2. The van der Waals surface area contributed by atoms with Crippen LogP contribution in [0.3, 0.4) is 0 Å². The van der Waals surface area contributed by atoms with Gasteiger partial charge in [-0.25, -0.2) is 9.78 Å². The molecule has 2 N–H and O–H groups in total. The van der Waals surface area contributed by atoms with Crippen molar-refractivity contribution in [3.63, 3.8) is 0 Å². The van der Waals surface area contributed by atoms with Crippen LogP contribution in [-0.2, 0) is 0 Å². The lowest BCUT2D eigenvalue weighted by atomic mass is 10.5. The van der Waals surface area contributed by atoms with Gasteiger partial charge in [0.05, 0.1) is 6.61 Å². The minimum atomic E-state index is -0.122. The summed E-state index contributed by atoms with van der Waals surface area (Å²) in [4.78, 5) is 21.0. The van der Waals surface area contributed by atoms with E-state index in [1.165, 1.54) is 4.90 Å². The number of nitrogens with zero attached hydrogens (tertiary/aromatic N) is 3. The first-order chi connectivity index (χ1) is 9.13. The maximum atomic E-state index is 11.3. The Labute approximate surface area is 113 Å². The quantitative estimate of drug-likeness (QED) is 0.719. The van der Waals surface area contributed by atoms with E-state index in [0.29, 0.717) is 31.5 Å². The van der Waals surface area contributed by atoms with Crippen molar-refractivity contribution in [2.75, 3.05) is 39.1 Å². The molecule has 0 aliphatic heterocycles. The summed E-state index contributed by atoms with van der Waals surface area (Å²) in [6, 6.07) is 1.59. The van der Waals surface area contributed by atoms with Crippen molar-refractivity contribution in [2.24, 2.45) is 0 Å². The van der Waals surface area contributed by atoms with Gasteiger partial charge in [0.2, 0.25) is 11.8 Å². The van der Waals surface area contributed by atoms with Crippen molar-refractivity contribution in [3.05, 3.63) is 12.3 Å². The number of carbonyl (C=O) groups is 1. The standard InChI is InChI=1S/C12H21N5O2/c1-4-9-19-10-5-6-13-11(16-10)14-7-8-15-12(18)17(2)3/h5-6H,4,7-9H2,1-3H3,(H,15,18)(H,13,14,16). The number of rotatable bonds is 7. The smallest absolute Gasteiger partial charge is 0.316 e. The molecule has 0 aliphatic rings. The van der Waals surface area contributed by atoms with E-state index in [-0.39, 0.29) is 6.03 Å². The zero-order valence-corrected chi connectivity index (χ0v) is 11.6. The second-order valence-corrected chi connectivity index (χ2v) is 4.12. The van der Waals surface area contributed by atoms with E-state index < -0.39 is 0 Å². The molecular weight excluding hydrogens is 246 g/mol. The largest absolute Gasteiger partial charge is 0.478 e. The Kier molecular flexibility index (Phi) is 6.42. The Morgan fingerprint density at radius 3 is 2.89 bits per heavy atom. The number of amides is 2. The van der Waals surface area contributed by atoms with Gasteiger partial charge in [-0.3, -0.25) is 0 Å². The fourth-order valence-corrected chi connectivity index (χ4v) is 1.22. The lowest BCUT2D eigenvalue weighted by Crippen LogP contribution is -2.37. The Morgan fingerprint density at radius 1 is 1.42 bits per heavy atom. The van der Waals surface area contributed by atoms with Gasteiger partial charge in [0.15, 0.2) is 0 Å². The maximum absolute atomic E-state index is 11.3. The highest BCUT2D eigenvalue weighted by atomic mass is 16.5. The van der Waals surface area contributed by atoms with Crippen LogP contribution in [0.5, 0.6) is 5.88 Å². The second-order valence-electron chi connectivity index (χ2n) is 4.12. The van der Waals surface area contributed by atoms with E-state index in [0.717, 1.165) is 6.42 Å². The van der Waals surface area contributed by atoms with Gasteiger partial charge in [-0.1, -0.05) is 6.92 Å². The summed E-state index contributed by atoms with van der Waals surface area (Å²) in [5, 5.41) is 5.76. The summed E-state index contributed by atoms with van der Waals surface area (Å²) >= 11 is 0. The molecule has 0 saturated carbocycles. The first kappa shape index (κ1) is 15.0. The summed E-state index contributed by atoms with van der Waals surface area (Å²) in [6.07, 6.45) is 2.57. The highest BCUT2D eigenvalue weighted by Crippen LogP contribution is 2.07. The van der Waals surface area contributed by atoms with E-state index >= 15 is 0 Å². The van der Waals surface area contributed by atoms with Gasteiger partial charge in [0.25, 0.3) is 0 Å². The highest BCUT2D eigenvalue weighted by molar-refractivity contribution is 5.73. The fourth-order valence-electron chi connectivity index (χ4n) is 1.22. The number of hydrogen-bond donors (Lipinski definition) is 2. The summed E-state index contributed by atoms with van der Waals surface area (Å²) in [5.74, 6) is 1.05. The summed E-state index contributed by atoms with van der Waals surface area (Å²) < 4.78 is 5.40. The van der Waals surface area contributed by atoms with Crippen LogP contribution in [0, 0.1) is 0 Å². The molecule has 1 aromatic rings. The predicted molar refractivity (Wildman–Crippen MR) is 73.4 cm³/mol. The van der Waals surface area contributed by atoms with Crippen molar-refractivity contribution in [1.29, 1.82) is 0 Å². The SMILES string of the molecule is CCCOc1ccnc(NCCNC(=O)N(C)C)n1. The van der Waals surface area contributed by atoms with E-state index in [1.54, 1.807) is 26.4 Å². The highest BCUT2D eigenvalue weighted by Gasteiger charge is 2.02. The Morgan fingerprint density at radius 2 is 2.21 bits per heavy atom. The summed E-state index contributed by atoms with van der Waals surface area (Å²) in [7, 11) is 3.39. The van der Waals surface area contributed by atoms with E-state index in [1.807, 2.05) is 6.92 Å². The van der Waals surface area contributed by atoms with E-state index in [4.69, 9.17) is 4.74 Å². The van der Waals surface area contributed by atoms with Crippen LogP contribution in [0.2, 0.25) is 0 Å². The maximum Gasteiger partial charge on any atom is 0.316 e. The molecule has 7 heteroatoms. The molecule has 106 valence electrons. The molecule has 2 amide bonds. The van der Waals surface area contributed by atoms with Crippen LogP contribution in [0.25, 0.3) is 0 Å². The zero-order chi connectivity index (χ0) is 14.1. The minimum Gasteiger partial charge on any atom is -0.478 e. The van der Waals surface area contributed by atoms with Gasteiger partial charge < -0.3 is 20.3 Å². The molecule has 1 aromatic heterocycles. The average molecular weight is 267 g/mol. The normalized spacial score (nSPS) is 9.84. The fraction of sp³-hybridized carbons (Fsp3) is 0.583. The third kappa shape index (κ3) is 5.89. The zero-order valence-electron chi connectivity index (χ0n) is 11.6. The lowest BCUT2D eigenvalue weighted by molar-refractivity contribution is 0.218. The monoisotopic (exact) mass is 267 g/mol. The molecule has 0 radical (unpaired) electrons. The molecule has 1 heterocycles. The first-order valence-corrected chi connectivity index (χ1v) is 6.28. The third-order valence-corrected chi connectivity index (χ3v) is 2.17. The molecule has 0 aliphatic carbocycles. The van der Waals surface area contributed by atoms with Crippen LogP contribution >= 0.6 is 0 Å². The number of ether oxygens (including phenoxy) is 1. The Balaban J connectivity index is 2.31. The molecule has 0 unspecified atom stereocenters. The molecule has 0 bridgehead atoms. The van der Waals surface area contributed by atoms with Crippen molar-refractivity contribution in [1.82, 2.24) is 20.2 Å². The summed E-state index contributed by atoms with van der Waals surface area (Å²) in [5.41, 5.74) is 0. The Hall–Kier alpha value is -2.05. The number of aromatic nitrogens is 2. The van der Waals surface area contributed by atoms with Crippen molar-refractivity contribution >= 4 is 12.0 Å². The molecule has 0 fully saturated rings. The summed E-state index contributed by atoms with van der Waals surface area (Å²) in [6.45, 7) is 3.72. The molecule has 1 rings (SSSR count). The van der Waals surface area contributed by atoms with Crippen molar-refractivity contribution in [2.45, 2.75) is 13.3 Å². The topological polar surface area (TPSA) is 79.4 Å². The molecule has 0 atom stereocenters. The van der Waals surface area contributed by atoms with Gasteiger partial charge in [-0.2, -0.15) is 4.98 Å². The number of carbonyl (C=O) groups excluding carboxylic acids is 1. The first-order valence-electron chi connectivity index (χ1n) is 6.28. The van der Waals surface area contributed by atoms with Gasteiger partial charge in [0.1, 0.15) is 0 Å². The predicted octanol–water partition coefficient (Wildman–Crippen LogP) is 0.949. The van der Waals surface area contributed by atoms with E-state index in [2.05, 4.69) is 20.6 Å². The number of urea groups is 1. The van der Waals surface area contributed by atoms with Gasteiger partial charge in [-0.15, -0.1) is 0 Å². The average Bonchev–Trinajstić information content (AvgIpc) is 2.41.